The number of aryl methyl sites for hydroxylation is 1. The van der Waals surface area contributed by atoms with E-state index in [2.05, 4.69) is 9.88 Å². The molecule has 0 saturated carbocycles. The van der Waals surface area contributed by atoms with Gasteiger partial charge in [0.05, 0.1) is 22.3 Å². The molecular formula is C30H37N7O4S2. The van der Waals surface area contributed by atoms with Crippen molar-refractivity contribution >= 4 is 51.0 Å². The Morgan fingerprint density at radius 3 is 2.49 bits per heavy atom. The zero-order valence-corrected chi connectivity index (χ0v) is 26.3. The van der Waals surface area contributed by atoms with Gasteiger partial charge in [0.25, 0.3) is 5.91 Å². The topological polar surface area (TPSA) is 113 Å². The van der Waals surface area contributed by atoms with Crippen LogP contribution in [0, 0.1) is 6.92 Å². The van der Waals surface area contributed by atoms with Crippen molar-refractivity contribution in [3.8, 4) is 0 Å². The summed E-state index contributed by atoms with van der Waals surface area (Å²) in [6.45, 7) is 5.31. The average Bonchev–Trinajstić information content (AvgIpc) is 3.66. The summed E-state index contributed by atoms with van der Waals surface area (Å²) in [6, 6.07) is 14.6. The molecule has 2 saturated heterocycles. The van der Waals surface area contributed by atoms with Crippen molar-refractivity contribution in [2.45, 2.75) is 30.8 Å². The molecule has 1 amide bonds. The van der Waals surface area contributed by atoms with E-state index in [9.17, 15) is 18.3 Å². The first-order valence-electron chi connectivity index (χ1n) is 14.5. The second-order valence-electron chi connectivity index (χ2n) is 11.1. The van der Waals surface area contributed by atoms with Gasteiger partial charge in [0.15, 0.2) is 0 Å². The summed E-state index contributed by atoms with van der Waals surface area (Å²) in [4.78, 5) is 29.0. The van der Waals surface area contributed by atoms with Crippen molar-refractivity contribution in [1.82, 2.24) is 14.3 Å². The number of sulfonamides is 1. The third kappa shape index (κ3) is 5.78. The number of carbonyl (C=O) groups is 1. The summed E-state index contributed by atoms with van der Waals surface area (Å²) >= 11 is 1.53. The summed E-state index contributed by atoms with van der Waals surface area (Å²) in [7, 11) is -1.79. The fraction of sp³-hybridized carbons (Fsp3) is 0.433. The summed E-state index contributed by atoms with van der Waals surface area (Å²) < 4.78 is 30.9. The quantitative estimate of drug-likeness (QED) is 0.394. The van der Waals surface area contributed by atoms with Gasteiger partial charge in [-0.15, -0.1) is 0 Å². The minimum Gasteiger partial charge on any atom is -0.391 e. The molecule has 6 rings (SSSR count). The molecule has 0 radical (unpaired) electrons. The van der Waals surface area contributed by atoms with Gasteiger partial charge in [-0.2, -0.15) is 9.29 Å². The molecule has 43 heavy (non-hydrogen) atoms. The largest absolute Gasteiger partial charge is 0.391 e. The zero-order chi connectivity index (χ0) is 30.3. The summed E-state index contributed by atoms with van der Waals surface area (Å²) in [6.07, 6.45) is 2.93. The maximum atomic E-state index is 13.7. The Morgan fingerprint density at radius 2 is 1.77 bits per heavy atom. The molecule has 3 aromatic rings. The minimum atomic E-state index is -3.72. The number of carbonyl (C=O) groups excluding carboxylic acids is 1. The number of benzene rings is 2. The van der Waals surface area contributed by atoms with Gasteiger partial charge in [0.1, 0.15) is 5.82 Å². The molecule has 0 spiro atoms. The number of β-amino-alcohol motifs (C(OH)–C–C–N with tert-alkyl or cyclic N) is 1. The number of aromatic nitrogens is 2. The van der Waals surface area contributed by atoms with Crippen molar-refractivity contribution in [3.63, 3.8) is 0 Å². The molecule has 3 aliphatic rings. The Kier molecular flexibility index (Phi) is 8.24. The third-order valence-electron chi connectivity index (χ3n) is 8.41. The lowest BCUT2D eigenvalue weighted by Crippen LogP contribution is -2.49. The Bertz CT molecular complexity index is 1630. The molecule has 0 bridgehead atoms. The highest BCUT2D eigenvalue weighted by Gasteiger charge is 2.33. The average molecular weight is 624 g/mol. The summed E-state index contributed by atoms with van der Waals surface area (Å²) in [5.41, 5.74) is 3.91. The van der Waals surface area contributed by atoms with Crippen LogP contribution in [0.5, 0.6) is 0 Å². The van der Waals surface area contributed by atoms with Crippen LogP contribution in [0.4, 0.5) is 23.1 Å². The number of hydrogen-bond donors (Lipinski definition) is 1. The molecular weight excluding hydrogens is 587 g/mol. The predicted octanol–water partition coefficient (Wildman–Crippen LogP) is 2.78. The van der Waals surface area contributed by atoms with E-state index in [1.807, 2.05) is 59.8 Å². The van der Waals surface area contributed by atoms with E-state index in [0.717, 1.165) is 41.4 Å². The maximum Gasteiger partial charge on any atom is 0.260 e. The molecule has 11 nitrogen and oxygen atoms in total. The van der Waals surface area contributed by atoms with Gasteiger partial charge >= 0.3 is 0 Å². The van der Waals surface area contributed by atoms with Crippen molar-refractivity contribution in [3.05, 3.63) is 65.4 Å². The molecule has 1 atom stereocenters. The van der Waals surface area contributed by atoms with Crippen LogP contribution in [0.3, 0.4) is 0 Å². The smallest absolute Gasteiger partial charge is 0.260 e. The molecule has 1 aromatic heterocycles. The van der Waals surface area contributed by atoms with E-state index in [4.69, 9.17) is 4.98 Å². The summed E-state index contributed by atoms with van der Waals surface area (Å²) in [5.74, 6) is 1.28. The van der Waals surface area contributed by atoms with Crippen LogP contribution in [0.2, 0.25) is 0 Å². The molecule has 2 fully saturated rings. The van der Waals surface area contributed by atoms with Crippen LogP contribution in [-0.4, -0.2) is 98.9 Å². The van der Waals surface area contributed by atoms with E-state index in [1.54, 1.807) is 23.1 Å². The standard InChI is InChI=1S/C30H37N7O4S2/c1-21-18-28(35-12-11-23(38)20-35)32-30(31-21)34-14-16-36(17-15-34)43(40,41)24-8-9-26-22(19-24)10-13-37(26)29(39)25-6-4-5-7-27(25)33(2)42-3/h4-9,18-19,23,38H,10-17,20H2,1-3H3/t23-/m0/s1. The first-order valence-corrected chi connectivity index (χ1v) is 17.1. The van der Waals surface area contributed by atoms with Crippen LogP contribution in [0.1, 0.15) is 28.0 Å². The monoisotopic (exact) mass is 623 g/mol. The minimum absolute atomic E-state index is 0.0931. The molecule has 1 N–H and O–H groups in total. The molecule has 3 aliphatic heterocycles. The Balaban J connectivity index is 1.15. The first kappa shape index (κ1) is 29.7. The number of nitrogens with zero attached hydrogens (tertiary/aromatic N) is 7. The number of aliphatic hydroxyl groups excluding tert-OH is 1. The fourth-order valence-electron chi connectivity index (χ4n) is 5.99. The lowest BCUT2D eigenvalue weighted by molar-refractivity contribution is 0.0990. The Labute approximate surface area is 257 Å². The lowest BCUT2D eigenvalue weighted by Gasteiger charge is -2.34. The van der Waals surface area contributed by atoms with E-state index in [-0.39, 0.29) is 16.9 Å². The molecule has 0 unspecified atom stereocenters. The van der Waals surface area contributed by atoms with Crippen LogP contribution in [0.15, 0.2) is 53.4 Å². The Hall–Kier alpha value is -3.39. The molecule has 0 aliphatic carbocycles. The van der Waals surface area contributed by atoms with E-state index >= 15 is 0 Å². The van der Waals surface area contributed by atoms with Crippen molar-refractivity contribution in [2.75, 3.05) is 78.1 Å². The first-order chi connectivity index (χ1) is 20.7. The number of hydrogen-bond acceptors (Lipinski definition) is 10. The number of fused-ring (bicyclic) bond motifs is 1. The zero-order valence-electron chi connectivity index (χ0n) is 24.7. The maximum absolute atomic E-state index is 13.7. The highest BCUT2D eigenvalue weighted by Crippen LogP contribution is 2.34. The van der Waals surface area contributed by atoms with Gasteiger partial charge in [0, 0.05) is 76.6 Å². The number of aliphatic hydroxyl groups is 1. The molecule has 2 aromatic carbocycles. The second-order valence-corrected chi connectivity index (χ2v) is 14.0. The third-order valence-corrected chi connectivity index (χ3v) is 11.1. The van der Waals surface area contributed by atoms with Gasteiger partial charge in [0.2, 0.25) is 16.0 Å². The van der Waals surface area contributed by atoms with Crippen molar-refractivity contribution in [2.24, 2.45) is 0 Å². The van der Waals surface area contributed by atoms with Gasteiger partial charge < -0.3 is 24.1 Å². The van der Waals surface area contributed by atoms with E-state index in [1.165, 1.54) is 16.3 Å². The molecule has 4 heterocycles. The van der Waals surface area contributed by atoms with Crippen molar-refractivity contribution in [1.29, 1.82) is 0 Å². The number of anilines is 4. The van der Waals surface area contributed by atoms with Crippen molar-refractivity contribution < 1.29 is 18.3 Å². The van der Waals surface area contributed by atoms with Gasteiger partial charge in [-0.25, -0.2) is 13.4 Å². The lowest BCUT2D eigenvalue weighted by atomic mass is 10.1. The highest BCUT2D eigenvalue weighted by atomic mass is 32.2. The van der Waals surface area contributed by atoms with Crippen LogP contribution in [-0.2, 0) is 16.4 Å². The van der Waals surface area contributed by atoms with Crippen LogP contribution in [0.25, 0.3) is 0 Å². The van der Waals surface area contributed by atoms with Gasteiger partial charge in [-0.05, 0) is 55.7 Å². The summed E-state index contributed by atoms with van der Waals surface area (Å²) in [5, 5.41) is 9.94. The number of para-hydroxylation sites is 1. The van der Waals surface area contributed by atoms with Crippen LogP contribution >= 0.6 is 11.9 Å². The number of rotatable bonds is 7. The second kappa shape index (κ2) is 11.9. The molecule has 228 valence electrons. The van der Waals surface area contributed by atoms with E-state index < -0.39 is 10.0 Å². The number of amides is 1. The highest BCUT2D eigenvalue weighted by molar-refractivity contribution is 7.99. The van der Waals surface area contributed by atoms with E-state index in [0.29, 0.717) is 57.2 Å². The normalized spacial score (nSPS) is 19.2. The van der Waals surface area contributed by atoms with Gasteiger partial charge in [-0.3, -0.25) is 4.79 Å². The SMILES string of the molecule is CSN(C)c1ccccc1C(=O)N1CCc2cc(S(=O)(=O)N3CCN(c4nc(C)cc(N5CC[C@H](O)C5)n4)CC3)ccc21. The Morgan fingerprint density at radius 1 is 1.00 bits per heavy atom. The fourth-order valence-corrected chi connectivity index (χ4v) is 7.82. The number of piperazine rings is 1. The molecule has 13 heteroatoms. The van der Waals surface area contributed by atoms with Gasteiger partial charge in [-0.1, -0.05) is 24.1 Å². The van der Waals surface area contributed by atoms with Crippen LogP contribution < -0.4 is 19.0 Å². The predicted molar refractivity (Wildman–Crippen MR) is 171 cm³/mol.